The van der Waals surface area contributed by atoms with Crippen LogP contribution in [0.1, 0.15) is 30.9 Å². The van der Waals surface area contributed by atoms with Gasteiger partial charge in [0.25, 0.3) is 0 Å². The Morgan fingerprint density at radius 1 is 1.31 bits per heavy atom. The SMILES string of the molecule is CCc1cccc2c(CNC3CC3)c[nH]c12. The zero-order valence-corrected chi connectivity index (χ0v) is 9.72. The molecule has 3 rings (SSSR count). The summed E-state index contributed by atoms with van der Waals surface area (Å²) in [7, 11) is 0. The van der Waals surface area contributed by atoms with Crippen LogP contribution in [0.5, 0.6) is 0 Å². The summed E-state index contributed by atoms with van der Waals surface area (Å²) in [5.41, 5.74) is 4.13. The molecule has 0 spiro atoms. The number of aromatic nitrogens is 1. The summed E-state index contributed by atoms with van der Waals surface area (Å²) < 4.78 is 0. The minimum absolute atomic E-state index is 0.777. The number of para-hydroxylation sites is 1. The Balaban J connectivity index is 1.92. The molecule has 1 aliphatic carbocycles. The van der Waals surface area contributed by atoms with Crippen LogP contribution in [0, 0.1) is 0 Å². The molecule has 2 heteroatoms. The number of hydrogen-bond acceptors (Lipinski definition) is 1. The third-order valence-electron chi connectivity index (χ3n) is 3.43. The van der Waals surface area contributed by atoms with Crippen molar-refractivity contribution in [3.05, 3.63) is 35.5 Å². The maximum absolute atomic E-state index is 3.57. The number of aryl methyl sites for hydroxylation is 1. The maximum Gasteiger partial charge on any atom is 0.0489 e. The topological polar surface area (TPSA) is 27.8 Å². The first-order valence-corrected chi connectivity index (χ1v) is 6.19. The molecule has 1 heterocycles. The number of benzene rings is 1. The zero-order valence-electron chi connectivity index (χ0n) is 9.72. The lowest BCUT2D eigenvalue weighted by Crippen LogP contribution is -2.14. The van der Waals surface area contributed by atoms with Crippen LogP contribution in [0.3, 0.4) is 0 Å². The van der Waals surface area contributed by atoms with Gasteiger partial charge in [0.05, 0.1) is 0 Å². The van der Waals surface area contributed by atoms with Gasteiger partial charge in [0.1, 0.15) is 0 Å². The van der Waals surface area contributed by atoms with Crippen molar-refractivity contribution in [3.8, 4) is 0 Å². The van der Waals surface area contributed by atoms with Gasteiger partial charge >= 0.3 is 0 Å². The van der Waals surface area contributed by atoms with Crippen molar-refractivity contribution >= 4 is 10.9 Å². The van der Waals surface area contributed by atoms with E-state index in [1.807, 2.05) is 0 Å². The molecule has 16 heavy (non-hydrogen) atoms. The summed E-state index contributed by atoms with van der Waals surface area (Å²) in [5.74, 6) is 0. The fraction of sp³-hybridized carbons (Fsp3) is 0.429. The molecule has 1 aromatic heterocycles. The van der Waals surface area contributed by atoms with Crippen molar-refractivity contribution in [2.24, 2.45) is 0 Å². The molecule has 1 aromatic carbocycles. The van der Waals surface area contributed by atoms with Crippen molar-refractivity contribution in [3.63, 3.8) is 0 Å². The molecular formula is C14H18N2. The van der Waals surface area contributed by atoms with Crippen molar-refractivity contribution in [1.82, 2.24) is 10.3 Å². The van der Waals surface area contributed by atoms with E-state index in [9.17, 15) is 0 Å². The minimum atomic E-state index is 0.777. The Bertz CT molecular complexity index is 494. The highest BCUT2D eigenvalue weighted by atomic mass is 14.9. The van der Waals surface area contributed by atoms with E-state index in [1.165, 1.54) is 34.9 Å². The standard InChI is InChI=1S/C14H18N2/c1-2-10-4-3-5-13-11(9-16-14(10)13)8-15-12-6-7-12/h3-5,9,12,15-16H,2,6-8H2,1H3. The Labute approximate surface area is 96.1 Å². The van der Waals surface area contributed by atoms with Gasteiger partial charge in [-0.1, -0.05) is 25.1 Å². The van der Waals surface area contributed by atoms with Gasteiger partial charge in [0.2, 0.25) is 0 Å². The molecule has 0 aliphatic heterocycles. The molecule has 84 valence electrons. The van der Waals surface area contributed by atoms with Crippen LogP contribution in [0.4, 0.5) is 0 Å². The summed E-state index contributed by atoms with van der Waals surface area (Å²) in [4.78, 5) is 3.41. The minimum Gasteiger partial charge on any atom is -0.361 e. The van der Waals surface area contributed by atoms with E-state index >= 15 is 0 Å². The van der Waals surface area contributed by atoms with Gasteiger partial charge in [-0.25, -0.2) is 0 Å². The predicted molar refractivity (Wildman–Crippen MR) is 67.5 cm³/mol. The summed E-state index contributed by atoms with van der Waals surface area (Å²) in [6.45, 7) is 3.20. The smallest absolute Gasteiger partial charge is 0.0489 e. The average molecular weight is 214 g/mol. The van der Waals surface area contributed by atoms with E-state index < -0.39 is 0 Å². The van der Waals surface area contributed by atoms with E-state index in [2.05, 4.69) is 41.6 Å². The molecule has 2 N–H and O–H groups in total. The van der Waals surface area contributed by atoms with Crippen molar-refractivity contribution in [2.45, 2.75) is 38.8 Å². The summed E-state index contributed by atoms with van der Waals surface area (Å²) >= 11 is 0. The molecule has 0 atom stereocenters. The van der Waals surface area contributed by atoms with Gasteiger partial charge in [-0.2, -0.15) is 0 Å². The lowest BCUT2D eigenvalue weighted by atomic mass is 10.1. The molecule has 2 nitrogen and oxygen atoms in total. The lowest BCUT2D eigenvalue weighted by Gasteiger charge is -2.02. The summed E-state index contributed by atoms with van der Waals surface area (Å²) in [5, 5.41) is 4.95. The van der Waals surface area contributed by atoms with Gasteiger partial charge < -0.3 is 10.3 Å². The molecular weight excluding hydrogens is 196 g/mol. The number of hydrogen-bond donors (Lipinski definition) is 2. The van der Waals surface area contributed by atoms with Gasteiger partial charge in [-0.15, -0.1) is 0 Å². The van der Waals surface area contributed by atoms with Crippen molar-refractivity contribution in [2.75, 3.05) is 0 Å². The highest BCUT2D eigenvalue weighted by Gasteiger charge is 2.20. The number of fused-ring (bicyclic) bond motifs is 1. The highest BCUT2D eigenvalue weighted by molar-refractivity contribution is 5.86. The van der Waals surface area contributed by atoms with Crippen LogP contribution in [0.2, 0.25) is 0 Å². The van der Waals surface area contributed by atoms with Crippen molar-refractivity contribution in [1.29, 1.82) is 0 Å². The molecule has 0 saturated heterocycles. The number of rotatable bonds is 4. The lowest BCUT2D eigenvalue weighted by molar-refractivity contribution is 0.691. The normalized spacial score (nSPS) is 15.8. The number of aromatic amines is 1. The second-order valence-corrected chi connectivity index (χ2v) is 4.66. The molecule has 0 bridgehead atoms. The fourth-order valence-corrected chi connectivity index (χ4v) is 2.26. The van der Waals surface area contributed by atoms with E-state index in [4.69, 9.17) is 0 Å². The van der Waals surface area contributed by atoms with E-state index in [-0.39, 0.29) is 0 Å². The average Bonchev–Trinajstić information content (AvgIpc) is 3.06. The quantitative estimate of drug-likeness (QED) is 0.804. The first-order valence-electron chi connectivity index (χ1n) is 6.19. The van der Waals surface area contributed by atoms with Crippen LogP contribution in [-0.4, -0.2) is 11.0 Å². The second-order valence-electron chi connectivity index (χ2n) is 4.66. The zero-order chi connectivity index (χ0) is 11.0. The van der Waals surface area contributed by atoms with E-state index in [0.29, 0.717) is 0 Å². The summed E-state index contributed by atoms with van der Waals surface area (Å²) in [6.07, 6.45) is 5.94. The molecule has 2 aromatic rings. The van der Waals surface area contributed by atoms with Gasteiger partial charge in [0, 0.05) is 29.7 Å². The Kier molecular flexibility index (Phi) is 2.44. The largest absolute Gasteiger partial charge is 0.361 e. The van der Waals surface area contributed by atoms with Crippen molar-refractivity contribution < 1.29 is 0 Å². The van der Waals surface area contributed by atoms with Gasteiger partial charge in [-0.05, 0) is 30.4 Å². The van der Waals surface area contributed by atoms with Crippen LogP contribution >= 0.6 is 0 Å². The second kappa shape index (κ2) is 3.95. The van der Waals surface area contributed by atoms with Crippen LogP contribution in [0.15, 0.2) is 24.4 Å². The molecule has 0 amide bonds. The number of H-pyrrole nitrogens is 1. The molecule has 1 saturated carbocycles. The Morgan fingerprint density at radius 3 is 2.94 bits per heavy atom. The molecule has 0 unspecified atom stereocenters. The molecule has 1 fully saturated rings. The highest BCUT2D eigenvalue weighted by Crippen LogP contribution is 2.24. The Hall–Kier alpha value is -1.28. The molecule has 0 radical (unpaired) electrons. The van der Waals surface area contributed by atoms with E-state index in [0.717, 1.165) is 19.0 Å². The third kappa shape index (κ3) is 1.74. The monoisotopic (exact) mass is 214 g/mol. The number of nitrogens with one attached hydrogen (secondary N) is 2. The van der Waals surface area contributed by atoms with Crippen LogP contribution in [0.25, 0.3) is 10.9 Å². The predicted octanol–water partition coefficient (Wildman–Crippen LogP) is 2.98. The maximum atomic E-state index is 3.57. The van der Waals surface area contributed by atoms with Gasteiger partial charge in [0.15, 0.2) is 0 Å². The van der Waals surface area contributed by atoms with E-state index in [1.54, 1.807) is 0 Å². The summed E-state index contributed by atoms with van der Waals surface area (Å²) in [6, 6.07) is 7.36. The fourth-order valence-electron chi connectivity index (χ4n) is 2.26. The Morgan fingerprint density at radius 2 is 2.19 bits per heavy atom. The first kappa shape index (κ1) is 9.91. The first-order chi connectivity index (χ1) is 7.88. The molecule has 1 aliphatic rings. The third-order valence-corrected chi connectivity index (χ3v) is 3.43. The van der Waals surface area contributed by atoms with Crippen LogP contribution < -0.4 is 5.32 Å². The van der Waals surface area contributed by atoms with Crippen LogP contribution in [-0.2, 0) is 13.0 Å². The van der Waals surface area contributed by atoms with Gasteiger partial charge in [-0.3, -0.25) is 0 Å².